The van der Waals surface area contributed by atoms with Gasteiger partial charge in [0.25, 0.3) is 0 Å². The molecule has 5 heteroatoms. The van der Waals surface area contributed by atoms with E-state index < -0.39 is 0 Å². The van der Waals surface area contributed by atoms with E-state index in [0.717, 1.165) is 33.4 Å². The SMILES string of the molecule is c1ccc(-c2ccc3c4ccccc4n(-c4c(-c5nc(-c6ccccc6)nc(-c6ccccc6)n5)ccc5c4sc4ccccc45)c3c2)cc1. The molecule has 0 N–H and O–H groups in total. The summed E-state index contributed by atoms with van der Waals surface area (Å²) in [5.41, 5.74) is 8.55. The number of fused-ring (bicyclic) bond motifs is 6. The van der Waals surface area contributed by atoms with Crippen molar-refractivity contribution in [2.75, 3.05) is 0 Å². The third kappa shape index (κ3) is 4.63. The van der Waals surface area contributed by atoms with Crippen molar-refractivity contribution in [3.05, 3.63) is 170 Å². The Morgan fingerprint density at radius 2 is 0.920 bits per heavy atom. The minimum absolute atomic E-state index is 0.636. The van der Waals surface area contributed by atoms with Crippen molar-refractivity contribution in [2.24, 2.45) is 0 Å². The molecule has 0 saturated heterocycles. The lowest BCUT2D eigenvalue weighted by Crippen LogP contribution is -2.04. The van der Waals surface area contributed by atoms with Crippen LogP contribution < -0.4 is 0 Å². The van der Waals surface area contributed by atoms with Crippen LogP contribution in [0.4, 0.5) is 0 Å². The van der Waals surface area contributed by atoms with Gasteiger partial charge in [-0.05, 0) is 35.4 Å². The quantitative estimate of drug-likeness (QED) is 0.185. The Bertz CT molecular complexity index is 2800. The largest absolute Gasteiger partial charge is 0.307 e. The summed E-state index contributed by atoms with van der Waals surface area (Å²) in [6.07, 6.45) is 0. The van der Waals surface area contributed by atoms with Crippen LogP contribution in [-0.4, -0.2) is 19.5 Å². The second-order valence-corrected chi connectivity index (χ2v) is 13.5. The van der Waals surface area contributed by atoms with Crippen LogP contribution >= 0.6 is 11.3 Å². The van der Waals surface area contributed by atoms with Crippen LogP contribution in [0.2, 0.25) is 0 Å². The van der Waals surface area contributed by atoms with E-state index in [1.807, 2.05) is 47.7 Å². The molecule has 7 aromatic carbocycles. The lowest BCUT2D eigenvalue weighted by molar-refractivity contribution is 1.07. The lowest BCUT2D eigenvalue weighted by atomic mass is 10.0. The summed E-state index contributed by atoms with van der Waals surface area (Å²) in [7, 11) is 0. The van der Waals surface area contributed by atoms with Crippen LogP contribution in [0.3, 0.4) is 0 Å². The second-order valence-electron chi connectivity index (χ2n) is 12.4. The van der Waals surface area contributed by atoms with Gasteiger partial charge in [-0.2, -0.15) is 0 Å². The van der Waals surface area contributed by atoms with Gasteiger partial charge in [0.1, 0.15) is 0 Å². The summed E-state index contributed by atoms with van der Waals surface area (Å²) in [4.78, 5) is 15.5. The van der Waals surface area contributed by atoms with Crippen molar-refractivity contribution < 1.29 is 0 Å². The number of aromatic nitrogens is 4. The number of nitrogens with zero attached hydrogens (tertiary/aromatic N) is 4. The molecular formula is C45H28N4S. The average molecular weight is 657 g/mol. The van der Waals surface area contributed by atoms with Crippen molar-refractivity contribution in [3.8, 4) is 51.0 Å². The van der Waals surface area contributed by atoms with Crippen LogP contribution in [0.15, 0.2) is 170 Å². The topological polar surface area (TPSA) is 43.6 Å². The van der Waals surface area contributed by atoms with E-state index in [1.165, 1.54) is 42.1 Å². The molecular weight excluding hydrogens is 629 g/mol. The molecule has 0 aliphatic heterocycles. The molecule has 3 heterocycles. The fraction of sp³-hybridized carbons (Fsp3) is 0. The Balaban J connectivity index is 1.35. The third-order valence-electron chi connectivity index (χ3n) is 9.47. The number of rotatable bonds is 5. The summed E-state index contributed by atoms with van der Waals surface area (Å²) in [6, 6.07) is 59.7. The van der Waals surface area contributed by atoms with E-state index in [1.54, 1.807) is 0 Å². The van der Waals surface area contributed by atoms with E-state index in [9.17, 15) is 0 Å². The van der Waals surface area contributed by atoms with Crippen LogP contribution in [0, 0.1) is 0 Å². The van der Waals surface area contributed by atoms with Gasteiger partial charge in [0.05, 0.1) is 21.4 Å². The highest BCUT2D eigenvalue weighted by molar-refractivity contribution is 7.26. The molecule has 50 heavy (non-hydrogen) atoms. The fourth-order valence-electron chi connectivity index (χ4n) is 7.13. The molecule has 10 rings (SSSR count). The molecule has 3 aromatic heterocycles. The Labute approximate surface area is 292 Å². The van der Waals surface area contributed by atoms with Gasteiger partial charge in [0, 0.05) is 42.9 Å². The zero-order chi connectivity index (χ0) is 33.0. The summed E-state index contributed by atoms with van der Waals surface area (Å²) < 4.78 is 4.88. The van der Waals surface area contributed by atoms with Crippen molar-refractivity contribution in [1.82, 2.24) is 19.5 Å². The first-order valence-corrected chi connectivity index (χ1v) is 17.5. The normalized spacial score (nSPS) is 11.6. The zero-order valence-electron chi connectivity index (χ0n) is 26.9. The summed E-state index contributed by atoms with van der Waals surface area (Å²) in [5.74, 6) is 1.92. The van der Waals surface area contributed by atoms with E-state index in [0.29, 0.717) is 17.5 Å². The fourth-order valence-corrected chi connectivity index (χ4v) is 8.37. The molecule has 0 fully saturated rings. The monoisotopic (exact) mass is 656 g/mol. The molecule has 0 bridgehead atoms. The highest BCUT2D eigenvalue weighted by Crippen LogP contribution is 2.45. The molecule has 0 aliphatic rings. The van der Waals surface area contributed by atoms with Crippen LogP contribution in [-0.2, 0) is 0 Å². The third-order valence-corrected chi connectivity index (χ3v) is 10.7. The van der Waals surface area contributed by atoms with Crippen molar-refractivity contribution in [2.45, 2.75) is 0 Å². The predicted molar refractivity (Wildman–Crippen MR) is 209 cm³/mol. The molecule has 0 amide bonds. The van der Waals surface area contributed by atoms with Crippen LogP contribution in [0.25, 0.3) is 93.0 Å². The molecule has 0 unspecified atom stereocenters. The molecule has 234 valence electrons. The lowest BCUT2D eigenvalue weighted by Gasteiger charge is -2.16. The number of hydrogen-bond acceptors (Lipinski definition) is 4. The summed E-state index contributed by atoms with van der Waals surface area (Å²) in [5, 5.41) is 4.87. The Kier molecular flexibility index (Phi) is 6.64. The van der Waals surface area contributed by atoms with Crippen LogP contribution in [0.1, 0.15) is 0 Å². The first-order valence-electron chi connectivity index (χ1n) is 16.7. The molecule has 0 atom stereocenters. The molecule has 0 spiro atoms. The van der Waals surface area contributed by atoms with Crippen molar-refractivity contribution in [3.63, 3.8) is 0 Å². The summed E-state index contributed by atoms with van der Waals surface area (Å²) >= 11 is 1.82. The Morgan fingerprint density at radius 1 is 0.380 bits per heavy atom. The molecule has 0 saturated carbocycles. The van der Waals surface area contributed by atoms with Crippen LogP contribution in [0.5, 0.6) is 0 Å². The Morgan fingerprint density at radius 3 is 1.62 bits per heavy atom. The molecule has 0 aliphatic carbocycles. The number of benzene rings is 7. The van der Waals surface area contributed by atoms with Gasteiger partial charge < -0.3 is 4.57 Å². The maximum atomic E-state index is 5.23. The van der Waals surface area contributed by atoms with Crippen molar-refractivity contribution in [1.29, 1.82) is 0 Å². The first kappa shape index (κ1) is 28.6. The van der Waals surface area contributed by atoms with E-state index in [4.69, 9.17) is 15.0 Å². The van der Waals surface area contributed by atoms with Gasteiger partial charge in [0.15, 0.2) is 17.5 Å². The van der Waals surface area contributed by atoms with Gasteiger partial charge >= 0.3 is 0 Å². The number of thiophene rings is 1. The summed E-state index contributed by atoms with van der Waals surface area (Å²) in [6.45, 7) is 0. The maximum Gasteiger partial charge on any atom is 0.166 e. The highest BCUT2D eigenvalue weighted by atomic mass is 32.1. The van der Waals surface area contributed by atoms with Gasteiger partial charge in [-0.3, -0.25) is 0 Å². The van der Waals surface area contributed by atoms with E-state index in [-0.39, 0.29) is 0 Å². The molecule has 10 aromatic rings. The van der Waals surface area contributed by atoms with Gasteiger partial charge in [-0.25, -0.2) is 15.0 Å². The predicted octanol–water partition coefficient (Wildman–Crippen LogP) is 12.0. The van der Waals surface area contributed by atoms with E-state index in [2.05, 4.69) is 138 Å². The van der Waals surface area contributed by atoms with E-state index >= 15 is 0 Å². The maximum absolute atomic E-state index is 5.23. The first-order chi connectivity index (χ1) is 24.8. The smallest absolute Gasteiger partial charge is 0.166 e. The minimum Gasteiger partial charge on any atom is -0.307 e. The van der Waals surface area contributed by atoms with Crippen molar-refractivity contribution >= 4 is 53.3 Å². The zero-order valence-corrected chi connectivity index (χ0v) is 27.7. The number of hydrogen-bond donors (Lipinski definition) is 0. The highest BCUT2D eigenvalue weighted by Gasteiger charge is 2.23. The average Bonchev–Trinajstić information content (AvgIpc) is 3.74. The van der Waals surface area contributed by atoms with Gasteiger partial charge in [0.2, 0.25) is 0 Å². The molecule has 4 nitrogen and oxygen atoms in total. The Hall–Kier alpha value is -6.43. The second kappa shape index (κ2) is 11.6. The van der Waals surface area contributed by atoms with Gasteiger partial charge in [-0.1, -0.05) is 146 Å². The van der Waals surface area contributed by atoms with Gasteiger partial charge in [-0.15, -0.1) is 11.3 Å². The molecule has 0 radical (unpaired) electrons. The number of para-hydroxylation sites is 1. The standard InChI is InChI=1S/C45H28N4S/c1-4-14-29(15-5-1)32-24-25-34-33-20-10-12-22-38(33)49(39(34)28-32)41-37(27-26-36-35-21-11-13-23-40(35)50-42(36)41)45-47-43(30-16-6-2-7-17-30)46-44(48-45)31-18-8-3-9-19-31/h1-28H. The minimum atomic E-state index is 0.636.